The molecule has 3 rings (SSSR count). The van der Waals surface area contributed by atoms with E-state index in [4.69, 9.17) is 4.74 Å². The first-order valence-electron chi connectivity index (χ1n) is 11.8. The van der Waals surface area contributed by atoms with Crippen molar-refractivity contribution in [3.63, 3.8) is 0 Å². The van der Waals surface area contributed by atoms with Gasteiger partial charge in [0.1, 0.15) is 18.0 Å². The van der Waals surface area contributed by atoms with Crippen LogP contribution >= 0.6 is 0 Å². The van der Waals surface area contributed by atoms with Gasteiger partial charge in [-0.25, -0.2) is 19.2 Å². The van der Waals surface area contributed by atoms with Crippen molar-refractivity contribution in [2.75, 3.05) is 44.2 Å². The summed E-state index contributed by atoms with van der Waals surface area (Å²) in [6.45, 7) is 8.50. The number of amides is 2. The third kappa shape index (κ3) is 7.12. The quantitative estimate of drug-likeness (QED) is 0.616. The molecule has 2 amide bonds. The molecule has 0 bridgehead atoms. The molecule has 0 atom stereocenters. The number of hydrogen-bond acceptors (Lipinski definition) is 7. The number of carboxylic acids is 1. The minimum absolute atomic E-state index is 0.0277. The van der Waals surface area contributed by atoms with Crippen molar-refractivity contribution in [3.8, 4) is 0 Å². The molecular formula is C25H32FN5O5. The molecule has 0 spiro atoms. The van der Waals surface area contributed by atoms with Crippen molar-refractivity contribution < 1.29 is 28.6 Å². The van der Waals surface area contributed by atoms with Crippen LogP contribution in [0.3, 0.4) is 0 Å². The molecule has 0 radical (unpaired) electrons. The summed E-state index contributed by atoms with van der Waals surface area (Å²) in [5.74, 6) is -1.69. The van der Waals surface area contributed by atoms with Crippen molar-refractivity contribution in [3.05, 3.63) is 53.1 Å². The highest BCUT2D eigenvalue weighted by Gasteiger charge is 2.28. The first kappa shape index (κ1) is 26.8. The number of carboxylic acid groups (broad SMARTS) is 1. The van der Waals surface area contributed by atoms with Crippen LogP contribution in [0.5, 0.6) is 0 Å². The summed E-state index contributed by atoms with van der Waals surface area (Å²) < 4.78 is 19.4. The Morgan fingerprint density at radius 3 is 2.39 bits per heavy atom. The predicted octanol–water partition coefficient (Wildman–Crippen LogP) is 2.75. The van der Waals surface area contributed by atoms with E-state index in [1.807, 2.05) is 25.7 Å². The van der Waals surface area contributed by atoms with Crippen LogP contribution in [0.1, 0.15) is 42.4 Å². The molecule has 1 aromatic heterocycles. The molecule has 1 aliphatic heterocycles. The lowest BCUT2D eigenvalue weighted by Gasteiger charge is -2.35. The molecule has 0 aliphatic carbocycles. The lowest BCUT2D eigenvalue weighted by atomic mass is 10.1. The van der Waals surface area contributed by atoms with E-state index in [1.165, 1.54) is 12.3 Å². The van der Waals surface area contributed by atoms with Crippen LogP contribution in [0.4, 0.5) is 15.1 Å². The molecule has 10 nitrogen and oxygen atoms in total. The van der Waals surface area contributed by atoms with Gasteiger partial charge in [-0.1, -0.05) is 18.2 Å². The van der Waals surface area contributed by atoms with E-state index in [2.05, 4.69) is 9.97 Å². The van der Waals surface area contributed by atoms with Crippen molar-refractivity contribution in [1.29, 1.82) is 0 Å². The molecule has 1 N–H and O–H groups in total. The van der Waals surface area contributed by atoms with Gasteiger partial charge in [0, 0.05) is 38.9 Å². The Morgan fingerprint density at radius 2 is 1.81 bits per heavy atom. The van der Waals surface area contributed by atoms with E-state index < -0.39 is 29.8 Å². The fraction of sp³-hybridized carbons (Fsp3) is 0.480. The minimum atomic E-state index is -1.17. The highest BCUT2D eigenvalue weighted by molar-refractivity contribution is 5.96. The standard InChI is InChI=1S/C25H32FN5O5/c1-17-19(22(34)31(16-21(32)33)10-9-18-7-5-6-8-20(18)26)15-27-23(28-17)29-11-13-30(14-12-29)24(35)36-25(2,3)4/h5-8,15H,9-14,16H2,1-4H3,(H,32,33). The maximum absolute atomic E-state index is 14.0. The summed E-state index contributed by atoms with van der Waals surface area (Å²) in [4.78, 5) is 50.3. The Hall–Kier alpha value is -3.76. The van der Waals surface area contributed by atoms with Gasteiger partial charge in [-0.2, -0.15) is 0 Å². The number of piperazine rings is 1. The van der Waals surface area contributed by atoms with Gasteiger partial charge in [0.05, 0.1) is 11.3 Å². The summed E-state index contributed by atoms with van der Waals surface area (Å²) in [6.07, 6.45) is 1.19. The van der Waals surface area contributed by atoms with Crippen molar-refractivity contribution in [1.82, 2.24) is 19.8 Å². The Kier molecular flexibility index (Phi) is 8.44. The highest BCUT2D eigenvalue weighted by atomic mass is 19.1. The number of halogens is 1. The van der Waals surface area contributed by atoms with Crippen LogP contribution in [0.2, 0.25) is 0 Å². The van der Waals surface area contributed by atoms with Gasteiger partial charge >= 0.3 is 12.1 Å². The van der Waals surface area contributed by atoms with Crippen molar-refractivity contribution in [2.24, 2.45) is 0 Å². The predicted molar refractivity (Wildman–Crippen MR) is 130 cm³/mol. The van der Waals surface area contributed by atoms with Crippen LogP contribution < -0.4 is 4.90 Å². The summed E-state index contributed by atoms with van der Waals surface area (Å²) >= 11 is 0. The summed E-state index contributed by atoms with van der Waals surface area (Å²) in [7, 11) is 0. The number of anilines is 1. The van der Waals surface area contributed by atoms with Crippen molar-refractivity contribution in [2.45, 2.75) is 39.7 Å². The van der Waals surface area contributed by atoms with Crippen molar-refractivity contribution >= 4 is 23.9 Å². The number of benzene rings is 1. The van der Waals surface area contributed by atoms with E-state index in [9.17, 15) is 23.9 Å². The van der Waals surface area contributed by atoms with Gasteiger partial charge in [0.2, 0.25) is 5.95 Å². The smallest absolute Gasteiger partial charge is 0.410 e. The van der Waals surface area contributed by atoms with Gasteiger partial charge < -0.3 is 24.5 Å². The second-order valence-electron chi connectivity index (χ2n) is 9.59. The summed E-state index contributed by atoms with van der Waals surface area (Å²) in [5, 5.41) is 9.30. The monoisotopic (exact) mass is 501 g/mol. The Balaban J connectivity index is 1.67. The molecule has 1 aromatic carbocycles. The van der Waals surface area contributed by atoms with Crippen LogP contribution in [-0.2, 0) is 16.0 Å². The van der Waals surface area contributed by atoms with E-state index in [0.29, 0.717) is 43.4 Å². The lowest BCUT2D eigenvalue weighted by Crippen LogP contribution is -2.50. The molecule has 2 aromatic rings. The third-order valence-corrected chi connectivity index (χ3v) is 5.63. The first-order chi connectivity index (χ1) is 16.9. The minimum Gasteiger partial charge on any atom is -0.480 e. The number of hydrogen-bond donors (Lipinski definition) is 1. The number of aliphatic carboxylic acids is 1. The molecule has 2 heterocycles. The molecule has 1 saturated heterocycles. The van der Waals surface area contributed by atoms with E-state index in [0.717, 1.165) is 4.90 Å². The number of carbonyl (C=O) groups is 3. The largest absolute Gasteiger partial charge is 0.480 e. The number of aromatic nitrogens is 2. The zero-order valence-electron chi connectivity index (χ0n) is 21.0. The van der Waals surface area contributed by atoms with E-state index in [1.54, 1.807) is 30.0 Å². The fourth-order valence-corrected chi connectivity index (χ4v) is 3.78. The number of nitrogens with zero attached hydrogens (tertiary/aromatic N) is 5. The topological polar surface area (TPSA) is 116 Å². The molecule has 1 aliphatic rings. The number of rotatable bonds is 7. The van der Waals surface area contributed by atoms with Crippen LogP contribution in [-0.4, -0.2) is 87.7 Å². The average molecular weight is 502 g/mol. The molecule has 36 heavy (non-hydrogen) atoms. The van der Waals surface area contributed by atoms with Gasteiger partial charge in [-0.05, 0) is 45.7 Å². The van der Waals surface area contributed by atoms with Crippen LogP contribution in [0.15, 0.2) is 30.5 Å². The SMILES string of the molecule is Cc1nc(N2CCN(C(=O)OC(C)(C)C)CC2)ncc1C(=O)N(CCc1ccccc1F)CC(=O)O. The zero-order valence-corrected chi connectivity index (χ0v) is 21.0. The molecule has 11 heteroatoms. The zero-order chi connectivity index (χ0) is 26.5. The normalized spacial score (nSPS) is 13.9. The first-order valence-corrected chi connectivity index (χ1v) is 11.8. The maximum Gasteiger partial charge on any atom is 0.410 e. The Bertz CT molecular complexity index is 1110. The second kappa shape index (κ2) is 11.3. The fourth-order valence-electron chi connectivity index (χ4n) is 3.78. The summed E-state index contributed by atoms with van der Waals surface area (Å²) in [6, 6.07) is 6.18. The molecule has 1 fully saturated rings. The second-order valence-corrected chi connectivity index (χ2v) is 9.59. The lowest BCUT2D eigenvalue weighted by molar-refractivity contribution is -0.137. The third-order valence-electron chi connectivity index (χ3n) is 5.63. The average Bonchev–Trinajstić information content (AvgIpc) is 2.81. The number of ether oxygens (including phenoxy) is 1. The number of carbonyl (C=O) groups excluding carboxylic acids is 2. The van der Waals surface area contributed by atoms with E-state index in [-0.39, 0.29) is 24.6 Å². The molecule has 0 saturated carbocycles. The van der Waals surface area contributed by atoms with E-state index >= 15 is 0 Å². The van der Waals surface area contributed by atoms with Gasteiger partial charge in [0.25, 0.3) is 5.91 Å². The van der Waals surface area contributed by atoms with Crippen LogP contribution in [0.25, 0.3) is 0 Å². The Labute approximate surface area is 209 Å². The van der Waals surface area contributed by atoms with Gasteiger partial charge in [-0.15, -0.1) is 0 Å². The molecule has 194 valence electrons. The maximum atomic E-state index is 14.0. The number of aryl methyl sites for hydroxylation is 1. The van der Waals surface area contributed by atoms with Gasteiger partial charge in [0.15, 0.2) is 0 Å². The Morgan fingerprint density at radius 1 is 1.14 bits per heavy atom. The van der Waals surface area contributed by atoms with Gasteiger partial charge in [-0.3, -0.25) is 9.59 Å². The molecular weight excluding hydrogens is 469 g/mol. The molecule has 0 unspecified atom stereocenters. The summed E-state index contributed by atoms with van der Waals surface area (Å²) in [5.41, 5.74) is 0.414. The highest BCUT2D eigenvalue weighted by Crippen LogP contribution is 2.18. The van der Waals surface area contributed by atoms with Crippen LogP contribution in [0, 0.1) is 12.7 Å².